The van der Waals surface area contributed by atoms with E-state index in [-0.39, 0.29) is 11.8 Å². The molecule has 0 radical (unpaired) electrons. The first-order chi connectivity index (χ1) is 11.1. The molecule has 0 bridgehead atoms. The Balaban J connectivity index is 2.40. The number of methoxy groups -OCH3 is 1. The largest absolute Gasteiger partial charge is 0.497 e. The van der Waals surface area contributed by atoms with Crippen LogP contribution < -0.4 is 15.4 Å². The molecule has 0 saturated carbocycles. The molecule has 0 aliphatic rings. The number of ether oxygens (including phenoxy) is 1. The van der Waals surface area contributed by atoms with Gasteiger partial charge in [-0.05, 0) is 47.0 Å². The van der Waals surface area contributed by atoms with Gasteiger partial charge in [0.15, 0.2) is 5.78 Å². The van der Waals surface area contributed by atoms with Crippen molar-refractivity contribution in [2.24, 2.45) is 0 Å². The van der Waals surface area contributed by atoms with Crippen LogP contribution in [0, 0.1) is 0 Å². The molecule has 0 unspecified atom stereocenters. The van der Waals surface area contributed by atoms with Crippen LogP contribution >= 0.6 is 0 Å². The number of amides is 2. The van der Waals surface area contributed by atoms with Gasteiger partial charge in [0, 0.05) is 25.6 Å². The first kappa shape index (κ1) is 16.8. The van der Waals surface area contributed by atoms with Gasteiger partial charge in [0.1, 0.15) is 5.75 Å². The summed E-state index contributed by atoms with van der Waals surface area (Å²) in [6, 6.07) is 9.42. The van der Waals surface area contributed by atoms with Crippen molar-refractivity contribution in [1.82, 2.24) is 10.6 Å². The molecular formula is C18H22N2O3. The third-order valence-corrected chi connectivity index (χ3v) is 3.80. The van der Waals surface area contributed by atoms with Crippen molar-refractivity contribution in [2.75, 3.05) is 20.7 Å². The lowest BCUT2D eigenvalue weighted by Gasteiger charge is -2.12. The Bertz CT molecular complexity index is 726. The second-order valence-corrected chi connectivity index (χ2v) is 5.26. The highest BCUT2D eigenvalue weighted by atomic mass is 16.5. The maximum atomic E-state index is 12.1. The molecule has 122 valence electrons. The molecule has 5 nitrogen and oxygen atoms in total. The van der Waals surface area contributed by atoms with E-state index in [1.807, 2.05) is 37.3 Å². The van der Waals surface area contributed by atoms with Crippen LogP contribution in [-0.4, -0.2) is 32.5 Å². The van der Waals surface area contributed by atoms with Gasteiger partial charge in [0.2, 0.25) is 0 Å². The highest BCUT2D eigenvalue weighted by Crippen LogP contribution is 2.26. The number of fused-ring (bicyclic) bond motifs is 1. The maximum Gasteiger partial charge on any atom is 0.314 e. The summed E-state index contributed by atoms with van der Waals surface area (Å²) in [6.45, 7) is 2.35. The zero-order valence-electron chi connectivity index (χ0n) is 13.7. The standard InChI is InChI=1S/C18H22N2O3/c1-4-17(21)14-9-12-5-6-15(23-3)11-16(12)13(10-14)7-8-20-18(22)19-2/h5-6,9-11H,4,7-8H2,1-3H3,(H2,19,20,22). The van der Waals surface area contributed by atoms with Gasteiger partial charge in [0.05, 0.1) is 7.11 Å². The second-order valence-electron chi connectivity index (χ2n) is 5.26. The van der Waals surface area contributed by atoms with Crippen LogP contribution in [0.25, 0.3) is 10.8 Å². The lowest BCUT2D eigenvalue weighted by Crippen LogP contribution is -2.34. The van der Waals surface area contributed by atoms with E-state index in [9.17, 15) is 9.59 Å². The van der Waals surface area contributed by atoms with Crippen LogP contribution in [0.15, 0.2) is 30.3 Å². The number of benzene rings is 2. The van der Waals surface area contributed by atoms with Crippen molar-refractivity contribution in [2.45, 2.75) is 19.8 Å². The van der Waals surface area contributed by atoms with Gasteiger partial charge in [-0.25, -0.2) is 4.79 Å². The normalized spacial score (nSPS) is 10.4. The molecule has 0 spiro atoms. The zero-order chi connectivity index (χ0) is 16.8. The molecule has 2 N–H and O–H groups in total. The summed E-state index contributed by atoms with van der Waals surface area (Å²) in [4.78, 5) is 23.3. The van der Waals surface area contributed by atoms with E-state index >= 15 is 0 Å². The number of ketones is 1. The molecule has 0 aromatic heterocycles. The van der Waals surface area contributed by atoms with Gasteiger partial charge in [-0.1, -0.05) is 13.0 Å². The van der Waals surface area contributed by atoms with E-state index in [0.717, 1.165) is 22.1 Å². The second kappa shape index (κ2) is 7.63. The van der Waals surface area contributed by atoms with E-state index in [1.165, 1.54) is 0 Å². The van der Waals surface area contributed by atoms with E-state index < -0.39 is 0 Å². The van der Waals surface area contributed by atoms with Crippen molar-refractivity contribution in [1.29, 1.82) is 0 Å². The summed E-state index contributed by atoms with van der Waals surface area (Å²) in [5.41, 5.74) is 1.73. The van der Waals surface area contributed by atoms with Crippen LogP contribution in [0.5, 0.6) is 5.75 Å². The van der Waals surface area contributed by atoms with Gasteiger partial charge >= 0.3 is 6.03 Å². The first-order valence-electron chi connectivity index (χ1n) is 7.68. The molecule has 0 atom stereocenters. The summed E-state index contributed by atoms with van der Waals surface area (Å²) in [6.07, 6.45) is 1.11. The first-order valence-corrected chi connectivity index (χ1v) is 7.68. The van der Waals surface area contributed by atoms with Gasteiger partial charge < -0.3 is 15.4 Å². The Labute approximate surface area is 136 Å². The summed E-state index contributed by atoms with van der Waals surface area (Å²) >= 11 is 0. The minimum atomic E-state index is -0.215. The number of carbonyl (C=O) groups excluding carboxylic acids is 2. The van der Waals surface area contributed by atoms with Crippen LogP contribution in [0.1, 0.15) is 29.3 Å². The molecule has 23 heavy (non-hydrogen) atoms. The minimum absolute atomic E-state index is 0.114. The highest BCUT2D eigenvalue weighted by Gasteiger charge is 2.10. The third-order valence-electron chi connectivity index (χ3n) is 3.80. The molecule has 2 aromatic rings. The fourth-order valence-electron chi connectivity index (χ4n) is 2.51. The average Bonchev–Trinajstić information content (AvgIpc) is 2.59. The zero-order valence-corrected chi connectivity index (χ0v) is 13.7. The molecule has 2 rings (SSSR count). The van der Waals surface area contributed by atoms with E-state index in [4.69, 9.17) is 4.74 Å². The SMILES string of the molecule is CCC(=O)c1cc(CCNC(=O)NC)c2cc(OC)ccc2c1. The summed E-state index contributed by atoms with van der Waals surface area (Å²) < 4.78 is 5.29. The third kappa shape index (κ3) is 4.00. The van der Waals surface area contributed by atoms with Crippen LogP contribution in [0.4, 0.5) is 4.79 Å². The minimum Gasteiger partial charge on any atom is -0.497 e. The molecule has 5 heteroatoms. The Morgan fingerprint density at radius 3 is 2.61 bits per heavy atom. The van der Waals surface area contributed by atoms with Gasteiger partial charge in [0.25, 0.3) is 0 Å². The van der Waals surface area contributed by atoms with Crippen molar-refractivity contribution in [3.05, 3.63) is 41.5 Å². The maximum absolute atomic E-state index is 12.1. The number of carbonyl (C=O) groups is 2. The monoisotopic (exact) mass is 314 g/mol. The predicted octanol–water partition coefficient (Wildman–Crippen LogP) is 2.91. The van der Waals surface area contributed by atoms with E-state index in [0.29, 0.717) is 24.9 Å². The molecular weight excluding hydrogens is 292 g/mol. The average molecular weight is 314 g/mol. The Morgan fingerprint density at radius 1 is 1.17 bits per heavy atom. The number of Topliss-reactive ketones (excluding diaryl/α,β-unsaturated/α-hetero) is 1. The van der Waals surface area contributed by atoms with Crippen molar-refractivity contribution >= 4 is 22.6 Å². The highest BCUT2D eigenvalue weighted by molar-refractivity contribution is 6.01. The Kier molecular flexibility index (Phi) is 5.57. The topological polar surface area (TPSA) is 67.4 Å². The van der Waals surface area contributed by atoms with Crippen molar-refractivity contribution in [3.63, 3.8) is 0 Å². The number of urea groups is 1. The number of hydrogen-bond acceptors (Lipinski definition) is 3. The molecule has 0 saturated heterocycles. The number of rotatable bonds is 6. The Morgan fingerprint density at radius 2 is 1.96 bits per heavy atom. The lowest BCUT2D eigenvalue weighted by atomic mass is 9.96. The van der Waals surface area contributed by atoms with Crippen LogP contribution in [0.2, 0.25) is 0 Å². The van der Waals surface area contributed by atoms with Gasteiger partial charge in [-0.3, -0.25) is 4.79 Å². The molecule has 0 fully saturated rings. The van der Waals surface area contributed by atoms with Crippen molar-refractivity contribution < 1.29 is 14.3 Å². The number of nitrogens with one attached hydrogen (secondary N) is 2. The number of hydrogen-bond donors (Lipinski definition) is 2. The smallest absolute Gasteiger partial charge is 0.314 e. The predicted molar refractivity (Wildman–Crippen MR) is 91.3 cm³/mol. The Hall–Kier alpha value is -2.56. The van der Waals surface area contributed by atoms with Crippen molar-refractivity contribution in [3.8, 4) is 5.75 Å². The lowest BCUT2D eigenvalue weighted by molar-refractivity contribution is 0.0988. The van der Waals surface area contributed by atoms with Crippen LogP contribution in [-0.2, 0) is 6.42 Å². The fraction of sp³-hybridized carbons (Fsp3) is 0.333. The quantitative estimate of drug-likeness (QED) is 0.806. The van der Waals surface area contributed by atoms with E-state index in [1.54, 1.807) is 14.2 Å². The van der Waals surface area contributed by atoms with E-state index in [2.05, 4.69) is 10.6 Å². The van der Waals surface area contributed by atoms with Crippen LogP contribution in [0.3, 0.4) is 0 Å². The molecule has 2 amide bonds. The van der Waals surface area contributed by atoms with Gasteiger partial charge in [-0.15, -0.1) is 0 Å². The fourth-order valence-corrected chi connectivity index (χ4v) is 2.51. The summed E-state index contributed by atoms with van der Waals surface area (Å²) in [5.74, 6) is 0.885. The summed E-state index contributed by atoms with van der Waals surface area (Å²) in [5, 5.41) is 7.33. The summed E-state index contributed by atoms with van der Waals surface area (Å²) in [7, 11) is 3.21. The molecule has 0 aliphatic carbocycles. The molecule has 0 heterocycles. The van der Waals surface area contributed by atoms with Gasteiger partial charge in [-0.2, -0.15) is 0 Å². The molecule has 2 aromatic carbocycles. The molecule has 0 aliphatic heterocycles.